The van der Waals surface area contributed by atoms with Crippen LogP contribution in [0.3, 0.4) is 0 Å². The molecule has 4 aliphatic rings. The minimum atomic E-state index is -3.43. The number of carbonyl (C=O) groups is 2. The lowest BCUT2D eigenvalue weighted by molar-refractivity contribution is -0.119. The van der Waals surface area contributed by atoms with Crippen LogP contribution in [0.1, 0.15) is 72.1 Å². The van der Waals surface area contributed by atoms with Gasteiger partial charge in [0, 0.05) is 61.2 Å². The van der Waals surface area contributed by atoms with Gasteiger partial charge in [-0.15, -0.1) is 4.36 Å². The van der Waals surface area contributed by atoms with E-state index >= 15 is 0 Å². The van der Waals surface area contributed by atoms with Crippen LogP contribution in [-0.2, 0) is 37.7 Å². The SMILES string of the molecule is CO[C@H]1/C=C/CCC[S@@](=O)(NC(=O)CCc2cnccn2)=NC(=O)c2ccc3c(c2)N(C[C@@H]2CC[C@H]21)C[C@@]1(CCCc2cc(Cl)ccc21)CO3. The van der Waals surface area contributed by atoms with Crippen LogP contribution in [0, 0.1) is 11.8 Å². The van der Waals surface area contributed by atoms with E-state index in [1.54, 1.807) is 31.8 Å². The Morgan fingerprint density at radius 3 is 2.88 bits per heavy atom. The summed E-state index contributed by atoms with van der Waals surface area (Å²) in [6.07, 6.45) is 15.5. The molecule has 1 aromatic heterocycles. The first-order valence-electron chi connectivity index (χ1n) is 17.6. The quantitative estimate of drug-likeness (QED) is 0.307. The smallest absolute Gasteiger partial charge is 0.286 e. The molecule has 0 radical (unpaired) electrons. The zero-order chi connectivity index (χ0) is 34.7. The molecule has 1 spiro atoms. The van der Waals surface area contributed by atoms with Crippen LogP contribution in [0.5, 0.6) is 5.75 Å². The zero-order valence-electron chi connectivity index (χ0n) is 28.4. The lowest BCUT2D eigenvalue weighted by Crippen LogP contribution is -2.49. The molecule has 0 saturated heterocycles. The molecule has 2 aromatic carbocycles. The van der Waals surface area contributed by atoms with Crippen LogP contribution < -0.4 is 14.4 Å². The van der Waals surface area contributed by atoms with E-state index in [4.69, 9.17) is 21.1 Å². The van der Waals surface area contributed by atoms with Crippen molar-refractivity contribution in [3.63, 3.8) is 0 Å². The summed E-state index contributed by atoms with van der Waals surface area (Å²) >= 11 is 6.45. The Labute approximate surface area is 299 Å². The molecule has 10 nitrogen and oxygen atoms in total. The number of ether oxygens (including phenoxy) is 2. The predicted molar refractivity (Wildman–Crippen MR) is 194 cm³/mol. The number of rotatable bonds is 5. The number of allylic oxidation sites excluding steroid dienone is 1. The third-order valence-corrected chi connectivity index (χ3v) is 12.8. The molecule has 50 heavy (non-hydrogen) atoms. The summed E-state index contributed by atoms with van der Waals surface area (Å²) in [6.45, 7) is 2.01. The second-order valence-corrected chi connectivity index (χ2v) is 16.5. The van der Waals surface area contributed by atoms with Crippen LogP contribution in [0.25, 0.3) is 0 Å². The second-order valence-electron chi connectivity index (χ2n) is 14.0. The van der Waals surface area contributed by atoms with Crippen molar-refractivity contribution in [2.24, 2.45) is 16.2 Å². The molecule has 2 aliphatic carbocycles. The first-order chi connectivity index (χ1) is 24.2. The van der Waals surface area contributed by atoms with Crippen LogP contribution >= 0.6 is 11.6 Å². The molecule has 0 unspecified atom stereocenters. The third-order valence-electron chi connectivity index (χ3n) is 10.8. The fraction of sp³-hybridized carbons (Fsp3) is 0.474. The number of anilines is 1. The van der Waals surface area contributed by atoms with Gasteiger partial charge >= 0.3 is 0 Å². The number of methoxy groups -OCH3 is 1. The number of nitrogens with one attached hydrogen (secondary N) is 1. The minimum absolute atomic E-state index is 0.0375. The van der Waals surface area contributed by atoms with Gasteiger partial charge in [-0.3, -0.25) is 24.3 Å². The van der Waals surface area contributed by atoms with Gasteiger partial charge < -0.3 is 14.4 Å². The number of aryl methyl sites for hydroxylation is 2. The number of halogens is 1. The van der Waals surface area contributed by atoms with E-state index in [0.717, 1.165) is 55.9 Å². The van der Waals surface area contributed by atoms with Crippen molar-refractivity contribution in [3.8, 4) is 5.75 Å². The molecular formula is C38H44ClN5O5S. The van der Waals surface area contributed by atoms with Gasteiger partial charge in [0.05, 0.1) is 29.8 Å². The fourth-order valence-electron chi connectivity index (χ4n) is 8.04. The van der Waals surface area contributed by atoms with E-state index in [1.807, 2.05) is 18.2 Å². The van der Waals surface area contributed by atoms with Crippen molar-refractivity contribution in [1.82, 2.24) is 14.7 Å². The second kappa shape index (κ2) is 14.8. The third kappa shape index (κ3) is 7.45. The molecule has 2 aliphatic heterocycles. The molecule has 3 aromatic rings. The number of aromatic nitrogens is 2. The van der Waals surface area contributed by atoms with Gasteiger partial charge in [0.15, 0.2) is 0 Å². The number of hydrogen-bond donors (Lipinski definition) is 1. The van der Waals surface area contributed by atoms with Gasteiger partial charge in [0.25, 0.3) is 5.91 Å². The molecule has 12 heteroatoms. The van der Waals surface area contributed by atoms with Gasteiger partial charge in [-0.1, -0.05) is 29.8 Å². The van der Waals surface area contributed by atoms with Crippen molar-refractivity contribution in [2.45, 2.75) is 69.3 Å². The lowest BCUT2D eigenvalue weighted by Gasteiger charge is -2.46. The maximum Gasteiger partial charge on any atom is 0.286 e. The molecule has 7 rings (SSSR count). The van der Waals surface area contributed by atoms with E-state index in [0.29, 0.717) is 54.7 Å². The van der Waals surface area contributed by atoms with E-state index in [9.17, 15) is 13.8 Å². The highest BCUT2D eigenvalue weighted by Crippen LogP contribution is 2.47. The molecule has 5 atom stereocenters. The summed E-state index contributed by atoms with van der Waals surface area (Å²) in [5.41, 5.74) is 4.06. The number of fused-ring (bicyclic) bond motifs is 4. The highest BCUT2D eigenvalue weighted by Gasteiger charge is 2.44. The van der Waals surface area contributed by atoms with E-state index in [2.05, 4.69) is 48.2 Å². The Bertz CT molecular complexity index is 1900. The molecule has 264 valence electrons. The Morgan fingerprint density at radius 2 is 2.08 bits per heavy atom. The summed E-state index contributed by atoms with van der Waals surface area (Å²) in [4.78, 5) is 37.5. The molecule has 2 amide bonds. The maximum atomic E-state index is 14.2. The highest BCUT2D eigenvalue weighted by molar-refractivity contribution is 7.92. The minimum Gasteiger partial charge on any atom is -0.490 e. The number of hydrogen-bond acceptors (Lipinski definition) is 8. The summed E-state index contributed by atoms with van der Waals surface area (Å²) in [5.74, 6) is 0.398. The van der Waals surface area contributed by atoms with Crippen LogP contribution in [0.2, 0.25) is 5.02 Å². The molecule has 2 bridgehead atoms. The molecule has 3 heterocycles. The Morgan fingerprint density at radius 1 is 1.18 bits per heavy atom. The van der Waals surface area contributed by atoms with E-state index in [1.165, 1.54) is 11.1 Å². The van der Waals surface area contributed by atoms with Crippen LogP contribution in [-0.4, -0.2) is 64.7 Å². The summed E-state index contributed by atoms with van der Waals surface area (Å²) in [7, 11) is -1.67. The first-order valence-corrected chi connectivity index (χ1v) is 19.7. The summed E-state index contributed by atoms with van der Waals surface area (Å²) in [6, 6.07) is 11.6. The average molecular weight is 718 g/mol. The van der Waals surface area contributed by atoms with Crippen molar-refractivity contribution in [3.05, 3.63) is 94.5 Å². The normalized spacial score (nSPS) is 28.6. The monoisotopic (exact) mass is 717 g/mol. The van der Waals surface area contributed by atoms with Gasteiger partial charge in [-0.05, 0) is 105 Å². The average Bonchev–Trinajstić information content (AvgIpc) is 3.25. The standard InChI is InChI=1S/C38H44ClN5O5S/c1-48-34-7-3-2-4-19-50(47,42-36(45)15-11-30-22-40-17-18-41-30)43-37(46)27-9-14-35-33(21-27)44(23-28-8-12-31(28)34)24-38(25-49-35)16-5-6-26-20-29(39)10-13-32(26)38/h3,7,9-10,13-14,17-18,20-22,28,31,34H,2,4-6,8,11-12,15-16,19,23-25H2,1H3,(H,42,43,45,46,47)/b7-3+/t28-,31+,34-,38-,50+/m0/s1. The van der Waals surface area contributed by atoms with Gasteiger partial charge in [0.2, 0.25) is 5.91 Å². The Hall–Kier alpha value is -3.80. The summed E-state index contributed by atoms with van der Waals surface area (Å²) in [5, 5.41) is 0.741. The fourth-order valence-corrected chi connectivity index (χ4v) is 9.87. The van der Waals surface area contributed by atoms with Gasteiger partial charge in [-0.2, -0.15) is 0 Å². The van der Waals surface area contributed by atoms with Crippen molar-refractivity contribution < 1.29 is 23.3 Å². The maximum absolute atomic E-state index is 14.2. The van der Waals surface area contributed by atoms with Crippen molar-refractivity contribution in [2.75, 3.05) is 37.5 Å². The first kappa shape index (κ1) is 34.6. The Kier molecular flexibility index (Phi) is 10.3. The van der Waals surface area contributed by atoms with Gasteiger partial charge in [0.1, 0.15) is 15.7 Å². The number of nitrogens with zero attached hydrogens (tertiary/aromatic N) is 4. The molecular weight excluding hydrogens is 674 g/mol. The van der Waals surface area contributed by atoms with Crippen LogP contribution in [0.4, 0.5) is 5.69 Å². The number of carbonyl (C=O) groups excluding carboxylic acids is 2. The lowest BCUT2D eigenvalue weighted by atomic mass is 9.68. The van der Waals surface area contributed by atoms with Crippen molar-refractivity contribution in [1.29, 1.82) is 0 Å². The summed E-state index contributed by atoms with van der Waals surface area (Å²) < 4.78 is 33.7. The van der Waals surface area contributed by atoms with Crippen molar-refractivity contribution >= 4 is 39.0 Å². The number of amides is 2. The molecule has 1 fully saturated rings. The zero-order valence-corrected chi connectivity index (χ0v) is 30.0. The van der Waals surface area contributed by atoms with E-state index < -0.39 is 21.7 Å². The van der Waals surface area contributed by atoms with Crippen LogP contribution in [0.15, 0.2) is 71.5 Å². The van der Waals surface area contributed by atoms with Gasteiger partial charge in [-0.25, -0.2) is 4.21 Å². The topological polar surface area (TPSA) is 123 Å². The van der Waals surface area contributed by atoms with E-state index in [-0.39, 0.29) is 23.7 Å². The predicted octanol–water partition coefficient (Wildman–Crippen LogP) is 6.27. The number of benzene rings is 2. The highest BCUT2D eigenvalue weighted by atomic mass is 35.5. The largest absolute Gasteiger partial charge is 0.490 e. The molecule has 1 N–H and O–H groups in total. The Balaban J connectivity index is 1.24. The molecule has 1 saturated carbocycles.